The van der Waals surface area contributed by atoms with Crippen molar-refractivity contribution in [2.75, 3.05) is 26.2 Å². The summed E-state index contributed by atoms with van der Waals surface area (Å²) in [5.74, 6) is 0.680. The lowest BCUT2D eigenvalue weighted by Gasteiger charge is -2.40. The number of benzene rings is 1. The summed E-state index contributed by atoms with van der Waals surface area (Å²) in [5.41, 5.74) is 8.90. The molecule has 3 nitrogen and oxygen atoms in total. The van der Waals surface area contributed by atoms with Crippen LogP contribution in [0.3, 0.4) is 0 Å². The monoisotopic (exact) mass is 274 g/mol. The zero-order chi connectivity index (χ0) is 13.9. The molecule has 2 aliphatic rings. The average molecular weight is 274 g/mol. The second kappa shape index (κ2) is 6.25. The van der Waals surface area contributed by atoms with Crippen LogP contribution in [0.1, 0.15) is 36.8 Å². The molecule has 3 atom stereocenters. The quantitative estimate of drug-likeness (QED) is 0.918. The Bertz CT molecular complexity index is 448. The SMILES string of the molecule is CC1COC(CN)CN1CC1CCCc2ccccc21. The van der Waals surface area contributed by atoms with Crippen molar-refractivity contribution in [1.29, 1.82) is 0 Å². The van der Waals surface area contributed by atoms with Crippen LogP contribution in [0.2, 0.25) is 0 Å². The molecule has 1 saturated heterocycles. The second-order valence-electron chi connectivity index (χ2n) is 6.28. The minimum Gasteiger partial charge on any atom is -0.374 e. The van der Waals surface area contributed by atoms with Crippen LogP contribution in [0, 0.1) is 0 Å². The van der Waals surface area contributed by atoms with E-state index in [-0.39, 0.29) is 6.10 Å². The number of hydrogen-bond donors (Lipinski definition) is 1. The number of rotatable bonds is 3. The molecular weight excluding hydrogens is 248 g/mol. The largest absolute Gasteiger partial charge is 0.374 e. The van der Waals surface area contributed by atoms with Gasteiger partial charge in [0.15, 0.2) is 0 Å². The standard InChI is InChI=1S/C17H26N2O/c1-13-12-20-16(9-18)11-19(13)10-15-7-4-6-14-5-2-3-8-17(14)15/h2-3,5,8,13,15-16H,4,6-7,9-12,18H2,1H3. The number of aryl methyl sites for hydroxylation is 1. The fourth-order valence-corrected chi connectivity index (χ4v) is 3.60. The van der Waals surface area contributed by atoms with E-state index in [2.05, 4.69) is 36.1 Å². The highest BCUT2D eigenvalue weighted by molar-refractivity contribution is 5.32. The summed E-state index contributed by atoms with van der Waals surface area (Å²) < 4.78 is 5.76. The van der Waals surface area contributed by atoms with Crippen molar-refractivity contribution in [2.24, 2.45) is 5.73 Å². The zero-order valence-corrected chi connectivity index (χ0v) is 12.4. The van der Waals surface area contributed by atoms with Crippen molar-refractivity contribution in [3.8, 4) is 0 Å². The van der Waals surface area contributed by atoms with Gasteiger partial charge < -0.3 is 10.5 Å². The molecule has 1 fully saturated rings. The Labute approximate surface area is 122 Å². The third kappa shape index (κ3) is 2.90. The first-order chi connectivity index (χ1) is 9.78. The minimum absolute atomic E-state index is 0.213. The number of morpholine rings is 1. The number of fused-ring (bicyclic) bond motifs is 1. The van der Waals surface area contributed by atoms with E-state index < -0.39 is 0 Å². The molecule has 0 bridgehead atoms. The van der Waals surface area contributed by atoms with Gasteiger partial charge in [-0.2, -0.15) is 0 Å². The molecule has 1 aliphatic heterocycles. The van der Waals surface area contributed by atoms with Crippen molar-refractivity contribution < 1.29 is 4.74 Å². The average Bonchev–Trinajstić information content (AvgIpc) is 2.50. The molecular formula is C17H26N2O. The smallest absolute Gasteiger partial charge is 0.0824 e. The molecule has 3 rings (SSSR count). The highest BCUT2D eigenvalue weighted by Crippen LogP contribution is 2.32. The molecule has 0 radical (unpaired) electrons. The Morgan fingerprint density at radius 2 is 2.20 bits per heavy atom. The fourth-order valence-electron chi connectivity index (χ4n) is 3.60. The Morgan fingerprint density at radius 1 is 1.35 bits per heavy atom. The van der Waals surface area contributed by atoms with Crippen LogP contribution in [-0.4, -0.2) is 43.3 Å². The van der Waals surface area contributed by atoms with Gasteiger partial charge >= 0.3 is 0 Å². The predicted octanol–water partition coefficient (Wildman–Crippen LogP) is 2.15. The van der Waals surface area contributed by atoms with Gasteiger partial charge in [-0.1, -0.05) is 24.3 Å². The zero-order valence-electron chi connectivity index (χ0n) is 12.4. The molecule has 0 aromatic heterocycles. The third-order valence-electron chi connectivity index (χ3n) is 4.85. The minimum atomic E-state index is 0.213. The Morgan fingerprint density at radius 3 is 3.05 bits per heavy atom. The first-order valence-electron chi connectivity index (χ1n) is 7.91. The highest BCUT2D eigenvalue weighted by atomic mass is 16.5. The summed E-state index contributed by atoms with van der Waals surface area (Å²) in [6, 6.07) is 9.48. The van der Waals surface area contributed by atoms with E-state index in [1.807, 2.05) is 0 Å². The van der Waals surface area contributed by atoms with E-state index in [0.29, 0.717) is 18.5 Å². The molecule has 3 heteroatoms. The van der Waals surface area contributed by atoms with Gasteiger partial charge in [0.25, 0.3) is 0 Å². The Balaban J connectivity index is 1.71. The van der Waals surface area contributed by atoms with Crippen molar-refractivity contribution in [3.05, 3.63) is 35.4 Å². The van der Waals surface area contributed by atoms with Crippen molar-refractivity contribution in [1.82, 2.24) is 4.90 Å². The Kier molecular flexibility index (Phi) is 4.39. The van der Waals surface area contributed by atoms with E-state index in [0.717, 1.165) is 19.7 Å². The summed E-state index contributed by atoms with van der Waals surface area (Å²) in [5, 5.41) is 0. The molecule has 0 amide bonds. The van der Waals surface area contributed by atoms with Crippen LogP contribution >= 0.6 is 0 Å². The molecule has 0 spiro atoms. The van der Waals surface area contributed by atoms with Gasteiger partial charge in [0.1, 0.15) is 0 Å². The van der Waals surface area contributed by atoms with E-state index >= 15 is 0 Å². The summed E-state index contributed by atoms with van der Waals surface area (Å²) >= 11 is 0. The summed E-state index contributed by atoms with van der Waals surface area (Å²) in [6.45, 7) is 5.84. The molecule has 1 aliphatic carbocycles. The summed E-state index contributed by atoms with van der Waals surface area (Å²) in [6.07, 6.45) is 4.09. The molecule has 110 valence electrons. The summed E-state index contributed by atoms with van der Waals surface area (Å²) in [4.78, 5) is 2.58. The lowest BCUT2D eigenvalue weighted by Crippen LogP contribution is -2.51. The second-order valence-corrected chi connectivity index (χ2v) is 6.28. The number of ether oxygens (including phenoxy) is 1. The first-order valence-corrected chi connectivity index (χ1v) is 7.91. The lowest BCUT2D eigenvalue weighted by molar-refractivity contribution is -0.0556. The van der Waals surface area contributed by atoms with Gasteiger partial charge in [0.2, 0.25) is 0 Å². The van der Waals surface area contributed by atoms with E-state index in [1.54, 1.807) is 11.1 Å². The fraction of sp³-hybridized carbons (Fsp3) is 0.647. The maximum atomic E-state index is 5.77. The molecule has 3 unspecified atom stereocenters. The number of nitrogens with zero attached hydrogens (tertiary/aromatic N) is 1. The van der Waals surface area contributed by atoms with E-state index in [9.17, 15) is 0 Å². The summed E-state index contributed by atoms with van der Waals surface area (Å²) in [7, 11) is 0. The van der Waals surface area contributed by atoms with E-state index in [4.69, 9.17) is 10.5 Å². The Hall–Kier alpha value is -0.900. The lowest BCUT2D eigenvalue weighted by atomic mass is 9.82. The molecule has 1 heterocycles. The van der Waals surface area contributed by atoms with Crippen LogP contribution in [0.15, 0.2) is 24.3 Å². The topological polar surface area (TPSA) is 38.5 Å². The normalized spacial score (nSPS) is 31.0. The van der Waals surface area contributed by atoms with Crippen LogP contribution in [0.25, 0.3) is 0 Å². The molecule has 1 aromatic rings. The number of hydrogen-bond acceptors (Lipinski definition) is 3. The number of nitrogens with two attached hydrogens (primary N) is 1. The highest BCUT2D eigenvalue weighted by Gasteiger charge is 2.29. The van der Waals surface area contributed by atoms with Gasteiger partial charge in [-0.05, 0) is 43.2 Å². The third-order valence-corrected chi connectivity index (χ3v) is 4.85. The van der Waals surface area contributed by atoms with Gasteiger partial charge in [0.05, 0.1) is 12.7 Å². The molecule has 2 N–H and O–H groups in total. The van der Waals surface area contributed by atoms with E-state index in [1.165, 1.54) is 19.3 Å². The van der Waals surface area contributed by atoms with Gasteiger partial charge in [0, 0.05) is 25.7 Å². The maximum Gasteiger partial charge on any atom is 0.0824 e. The first kappa shape index (κ1) is 14.1. The molecule has 20 heavy (non-hydrogen) atoms. The molecule has 0 saturated carbocycles. The van der Waals surface area contributed by atoms with Gasteiger partial charge in [-0.15, -0.1) is 0 Å². The molecule has 1 aromatic carbocycles. The van der Waals surface area contributed by atoms with Crippen molar-refractivity contribution >= 4 is 0 Å². The van der Waals surface area contributed by atoms with Crippen molar-refractivity contribution in [3.63, 3.8) is 0 Å². The van der Waals surface area contributed by atoms with Crippen LogP contribution in [0.4, 0.5) is 0 Å². The van der Waals surface area contributed by atoms with Gasteiger partial charge in [-0.3, -0.25) is 4.90 Å². The maximum absolute atomic E-state index is 5.77. The van der Waals surface area contributed by atoms with Crippen molar-refractivity contribution in [2.45, 2.75) is 44.2 Å². The predicted molar refractivity (Wildman–Crippen MR) is 82.0 cm³/mol. The van der Waals surface area contributed by atoms with Crippen LogP contribution in [0.5, 0.6) is 0 Å². The van der Waals surface area contributed by atoms with Crippen LogP contribution < -0.4 is 5.73 Å². The van der Waals surface area contributed by atoms with Crippen LogP contribution in [-0.2, 0) is 11.2 Å². The van der Waals surface area contributed by atoms with Gasteiger partial charge in [-0.25, -0.2) is 0 Å².